The number of benzene rings is 2. The first kappa shape index (κ1) is 20.8. The highest BCUT2D eigenvalue weighted by Gasteiger charge is 2.28. The molecule has 6 nitrogen and oxygen atoms in total. The molecule has 2 aromatic carbocycles. The van der Waals surface area contributed by atoms with Crippen molar-refractivity contribution < 1.29 is 28.6 Å². The predicted molar refractivity (Wildman–Crippen MR) is 104 cm³/mol. The Morgan fingerprint density at radius 1 is 1.10 bits per heavy atom. The van der Waals surface area contributed by atoms with E-state index in [1.165, 1.54) is 42.5 Å². The molecule has 0 saturated carbocycles. The largest absolute Gasteiger partial charge is 0.483 e. The molecular weight excluding hydrogens is 401 g/mol. The van der Waals surface area contributed by atoms with E-state index >= 15 is 0 Å². The summed E-state index contributed by atoms with van der Waals surface area (Å²) in [6.07, 6.45) is 1.01. The number of carbonyl (C=O) groups is 3. The van der Waals surface area contributed by atoms with Crippen molar-refractivity contribution in [3.63, 3.8) is 0 Å². The number of likely N-dealkylation sites (tertiary alicyclic amines) is 1. The zero-order valence-electron chi connectivity index (χ0n) is 15.4. The number of amides is 1. The highest BCUT2D eigenvalue weighted by atomic mass is 35.5. The molecule has 0 bridgehead atoms. The second kappa shape index (κ2) is 9.05. The van der Waals surface area contributed by atoms with Gasteiger partial charge in [0.1, 0.15) is 17.1 Å². The number of ketones is 1. The molecule has 1 amide bonds. The summed E-state index contributed by atoms with van der Waals surface area (Å²) in [6.45, 7) is 0.483. The molecule has 1 aliphatic rings. The minimum Gasteiger partial charge on any atom is -0.483 e. The molecule has 1 saturated heterocycles. The topological polar surface area (TPSA) is 83.9 Å². The van der Waals surface area contributed by atoms with Gasteiger partial charge >= 0.3 is 5.97 Å². The molecule has 2 aromatic rings. The van der Waals surface area contributed by atoms with Crippen molar-refractivity contribution in [3.05, 3.63) is 64.4 Å². The van der Waals surface area contributed by atoms with Gasteiger partial charge in [0.05, 0.1) is 0 Å². The van der Waals surface area contributed by atoms with Crippen molar-refractivity contribution >= 4 is 29.3 Å². The lowest BCUT2D eigenvalue weighted by atomic mass is 9.89. The maximum absolute atomic E-state index is 13.0. The fourth-order valence-corrected chi connectivity index (χ4v) is 3.44. The van der Waals surface area contributed by atoms with E-state index in [1.807, 2.05) is 0 Å². The van der Waals surface area contributed by atoms with Gasteiger partial charge in [0.15, 0.2) is 12.4 Å². The number of carboxylic acids is 1. The maximum atomic E-state index is 13.0. The highest BCUT2D eigenvalue weighted by molar-refractivity contribution is 6.31. The maximum Gasteiger partial charge on any atom is 0.339 e. The number of hydrogen-bond acceptors (Lipinski definition) is 4. The third-order valence-corrected chi connectivity index (χ3v) is 5.11. The molecule has 29 heavy (non-hydrogen) atoms. The number of carbonyl (C=O) groups excluding carboxylic acids is 2. The fourth-order valence-electron chi connectivity index (χ4n) is 3.27. The average molecular weight is 420 g/mol. The number of ether oxygens (including phenoxy) is 1. The first-order chi connectivity index (χ1) is 13.8. The lowest BCUT2D eigenvalue weighted by molar-refractivity contribution is -0.134. The van der Waals surface area contributed by atoms with Crippen LogP contribution in [0.4, 0.5) is 4.39 Å². The molecule has 1 heterocycles. The molecule has 0 aliphatic carbocycles. The average Bonchev–Trinajstić information content (AvgIpc) is 2.72. The zero-order chi connectivity index (χ0) is 21.0. The van der Waals surface area contributed by atoms with Gasteiger partial charge < -0.3 is 14.7 Å². The summed E-state index contributed by atoms with van der Waals surface area (Å²) < 4.78 is 18.4. The molecule has 152 valence electrons. The van der Waals surface area contributed by atoms with Crippen LogP contribution in [-0.4, -0.2) is 47.4 Å². The van der Waals surface area contributed by atoms with Gasteiger partial charge in [-0.05, 0) is 55.3 Å². The van der Waals surface area contributed by atoms with Crippen LogP contribution in [0.2, 0.25) is 5.02 Å². The van der Waals surface area contributed by atoms with Crippen LogP contribution in [0, 0.1) is 11.7 Å². The van der Waals surface area contributed by atoms with Gasteiger partial charge in [0.2, 0.25) is 0 Å². The van der Waals surface area contributed by atoms with Gasteiger partial charge in [-0.25, -0.2) is 9.18 Å². The zero-order valence-corrected chi connectivity index (χ0v) is 16.2. The molecule has 1 fully saturated rings. The van der Waals surface area contributed by atoms with Crippen LogP contribution in [0.15, 0.2) is 42.5 Å². The Morgan fingerprint density at radius 3 is 2.38 bits per heavy atom. The lowest BCUT2D eigenvalue weighted by Gasteiger charge is -2.31. The van der Waals surface area contributed by atoms with Gasteiger partial charge in [-0.3, -0.25) is 9.59 Å². The Balaban J connectivity index is 1.53. The van der Waals surface area contributed by atoms with Crippen molar-refractivity contribution in [1.29, 1.82) is 0 Å². The van der Waals surface area contributed by atoms with E-state index in [2.05, 4.69) is 0 Å². The Bertz CT molecular complexity index is 923. The highest BCUT2D eigenvalue weighted by Crippen LogP contribution is 2.24. The van der Waals surface area contributed by atoms with Crippen molar-refractivity contribution in [2.45, 2.75) is 12.8 Å². The number of halogens is 2. The van der Waals surface area contributed by atoms with Crippen LogP contribution in [0.3, 0.4) is 0 Å². The van der Waals surface area contributed by atoms with Crippen molar-refractivity contribution in [2.24, 2.45) is 5.92 Å². The molecule has 0 unspecified atom stereocenters. The van der Waals surface area contributed by atoms with E-state index in [0.717, 1.165) is 0 Å². The quantitative estimate of drug-likeness (QED) is 0.722. The lowest BCUT2D eigenvalue weighted by Crippen LogP contribution is -2.42. The Morgan fingerprint density at radius 2 is 1.76 bits per heavy atom. The van der Waals surface area contributed by atoms with Gasteiger partial charge in [-0.1, -0.05) is 11.6 Å². The minimum atomic E-state index is -1.20. The van der Waals surface area contributed by atoms with Crippen molar-refractivity contribution in [2.75, 3.05) is 19.7 Å². The molecule has 0 aromatic heterocycles. The van der Waals surface area contributed by atoms with Gasteiger partial charge in [0.25, 0.3) is 5.91 Å². The summed E-state index contributed by atoms with van der Waals surface area (Å²) in [4.78, 5) is 37.8. The molecule has 0 radical (unpaired) electrons. The number of hydrogen-bond donors (Lipinski definition) is 1. The molecule has 1 aliphatic heterocycles. The second-order valence-corrected chi connectivity index (χ2v) is 7.20. The first-order valence-corrected chi connectivity index (χ1v) is 9.46. The number of rotatable bonds is 6. The van der Waals surface area contributed by atoms with Crippen LogP contribution in [0.25, 0.3) is 0 Å². The number of piperidine rings is 1. The van der Waals surface area contributed by atoms with E-state index in [9.17, 15) is 23.9 Å². The second-order valence-electron chi connectivity index (χ2n) is 6.76. The monoisotopic (exact) mass is 419 g/mol. The van der Waals surface area contributed by atoms with E-state index in [0.29, 0.717) is 31.5 Å². The number of nitrogens with zero attached hydrogens (tertiary/aromatic N) is 1. The number of carboxylic acid groups (broad SMARTS) is 1. The Kier molecular flexibility index (Phi) is 6.49. The third kappa shape index (κ3) is 5.12. The summed E-state index contributed by atoms with van der Waals surface area (Å²) >= 11 is 5.80. The summed E-state index contributed by atoms with van der Waals surface area (Å²) in [7, 11) is 0. The number of aromatic carboxylic acids is 1. The molecule has 0 spiro atoms. The first-order valence-electron chi connectivity index (χ1n) is 9.08. The molecular formula is C21H19ClFNO5. The third-order valence-electron chi connectivity index (χ3n) is 4.87. The van der Waals surface area contributed by atoms with E-state index < -0.39 is 11.8 Å². The summed E-state index contributed by atoms with van der Waals surface area (Å²) in [6, 6.07) is 9.60. The SMILES string of the molecule is O=C(O)c1cc(Cl)ccc1OCC(=O)N1CCC(C(=O)c2ccc(F)cc2)CC1. The summed E-state index contributed by atoms with van der Waals surface area (Å²) in [5, 5.41) is 9.47. The molecule has 8 heteroatoms. The standard InChI is InChI=1S/C21H19ClFNO5/c22-15-3-6-18(17(11-15)21(27)28)29-12-19(25)24-9-7-14(8-10-24)20(26)13-1-4-16(23)5-2-13/h1-6,11,14H,7-10,12H2,(H,27,28). The molecule has 0 atom stereocenters. The van der Waals surface area contributed by atoms with E-state index in [1.54, 1.807) is 4.90 Å². The van der Waals surface area contributed by atoms with Crippen LogP contribution < -0.4 is 4.74 Å². The number of Topliss-reactive ketones (excluding diaryl/α,β-unsaturated/α-hetero) is 1. The molecule has 3 rings (SSSR count). The summed E-state index contributed by atoms with van der Waals surface area (Å²) in [5.74, 6) is -2.09. The Hall–Kier alpha value is -2.93. The van der Waals surface area contributed by atoms with Gasteiger partial charge in [0, 0.05) is 29.6 Å². The van der Waals surface area contributed by atoms with Crippen LogP contribution in [-0.2, 0) is 4.79 Å². The van der Waals surface area contributed by atoms with Crippen LogP contribution >= 0.6 is 11.6 Å². The predicted octanol–water partition coefficient (Wildman–Crippen LogP) is 3.68. The minimum absolute atomic E-state index is 0.0550. The van der Waals surface area contributed by atoms with Crippen LogP contribution in [0.1, 0.15) is 33.6 Å². The van der Waals surface area contributed by atoms with Gasteiger partial charge in [-0.15, -0.1) is 0 Å². The van der Waals surface area contributed by atoms with Gasteiger partial charge in [-0.2, -0.15) is 0 Å². The smallest absolute Gasteiger partial charge is 0.339 e. The summed E-state index contributed by atoms with van der Waals surface area (Å²) in [5.41, 5.74) is 0.345. The van der Waals surface area contributed by atoms with Crippen LogP contribution in [0.5, 0.6) is 5.75 Å². The van der Waals surface area contributed by atoms with Crippen molar-refractivity contribution in [1.82, 2.24) is 4.90 Å². The molecule has 1 N–H and O–H groups in total. The Labute approximate surface area is 171 Å². The van der Waals surface area contributed by atoms with E-state index in [4.69, 9.17) is 16.3 Å². The normalized spacial score (nSPS) is 14.5. The van der Waals surface area contributed by atoms with Crippen molar-refractivity contribution in [3.8, 4) is 5.75 Å². The van der Waals surface area contributed by atoms with E-state index in [-0.39, 0.29) is 40.6 Å². The fraction of sp³-hybridized carbons (Fsp3) is 0.286.